The van der Waals surface area contributed by atoms with Crippen LogP contribution in [0.2, 0.25) is 0 Å². The molecule has 2 aliphatic carbocycles. The zero-order valence-corrected chi connectivity index (χ0v) is 9.97. The van der Waals surface area contributed by atoms with Gasteiger partial charge in [0, 0.05) is 12.6 Å². The molecule has 15 heavy (non-hydrogen) atoms. The fourth-order valence-corrected chi connectivity index (χ4v) is 3.33. The van der Waals surface area contributed by atoms with Crippen molar-refractivity contribution in [1.29, 1.82) is 0 Å². The van der Waals surface area contributed by atoms with E-state index in [1.807, 2.05) is 0 Å². The molecule has 2 saturated carbocycles. The first-order chi connectivity index (χ1) is 7.23. The van der Waals surface area contributed by atoms with Gasteiger partial charge >= 0.3 is 0 Å². The van der Waals surface area contributed by atoms with Gasteiger partial charge in [-0.1, -0.05) is 32.6 Å². The molecule has 0 saturated heterocycles. The molecular weight excluding hydrogens is 186 g/mol. The maximum absolute atomic E-state index is 10.2. The molecule has 2 heteroatoms. The number of hydrogen-bond donors (Lipinski definition) is 2. The lowest BCUT2D eigenvalue weighted by atomic mass is 9.98. The van der Waals surface area contributed by atoms with Crippen molar-refractivity contribution >= 4 is 0 Å². The Kier molecular flexibility index (Phi) is 3.68. The monoisotopic (exact) mass is 211 g/mol. The third-order valence-corrected chi connectivity index (χ3v) is 4.41. The van der Waals surface area contributed by atoms with Gasteiger partial charge in [0.05, 0.1) is 5.60 Å². The first-order valence-electron chi connectivity index (χ1n) is 6.69. The second-order valence-electron chi connectivity index (χ2n) is 5.52. The van der Waals surface area contributed by atoms with Crippen LogP contribution in [0.15, 0.2) is 0 Å². The van der Waals surface area contributed by atoms with Crippen molar-refractivity contribution in [1.82, 2.24) is 5.32 Å². The first-order valence-corrected chi connectivity index (χ1v) is 6.69. The molecule has 2 fully saturated rings. The van der Waals surface area contributed by atoms with E-state index < -0.39 is 0 Å². The Hall–Kier alpha value is -0.0800. The minimum atomic E-state index is -0.374. The Balaban J connectivity index is 1.77. The Morgan fingerprint density at radius 3 is 2.60 bits per heavy atom. The molecule has 0 amide bonds. The van der Waals surface area contributed by atoms with Crippen LogP contribution in [-0.4, -0.2) is 23.3 Å². The predicted octanol–water partition coefficient (Wildman–Crippen LogP) is 2.46. The number of rotatable bonds is 4. The van der Waals surface area contributed by atoms with Crippen molar-refractivity contribution in [3.8, 4) is 0 Å². The third-order valence-electron chi connectivity index (χ3n) is 4.41. The summed E-state index contributed by atoms with van der Waals surface area (Å²) >= 11 is 0. The van der Waals surface area contributed by atoms with E-state index in [-0.39, 0.29) is 5.60 Å². The van der Waals surface area contributed by atoms with Gasteiger partial charge in [-0.3, -0.25) is 0 Å². The minimum Gasteiger partial charge on any atom is -0.389 e. The third kappa shape index (κ3) is 2.73. The Bertz CT molecular complexity index is 199. The van der Waals surface area contributed by atoms with Crippen molar-refractivity contribution in [2.45, 2.75) is 69.9 Å². The normalized spacial score (nSPS) is 34.8. The summed E-state index contributed by atoms with van der Waals surface area (Å²) in [6.45, 7) is 3.11. The van der Waals surface area contributed by atoms with Crippen molar-refractivity contribution in [2.75, 3.05) is 6.54 Å². The van der Waals surface area contributed by atoms with Gasteiger partial charge in [0.25, 0.3) is 0 Å². The summed E-state index contributed by atoms with van der Waals surface area (Å²) in [6, 6.07) is 0.680. The first kappa shape index (κ1) is 11.4. The summed E-state index contributed by atoms with van der Waals surface area (Å²) in [7, 11) is 0. The van der Waals surface area contributed by atoms with E-state index >= 15 is 0 Å². The molecule has 2 nitrogen and oxygen atoms in total. The van der Waals surface area contributed by atoms with Gasteiger partial charge in [0.2, 0.25) is 0 Å². The highest BCUT2D eigenvalue weighted by Gasteiger charge is 2.33. The highest BCUT2D eigenvalue weighted by Crippen LogP contribution is 2.31. The minimum absolute atomic E-state index is 0.374. The molecule has 88 valence electrons. The maximum atomic E-state index is 10.2. The van der Waals surface area contributed by atoms with Gasteiger partial charge in [-0.15, -0.1) is 0 Å². The molecule has 2 N–H and O–H groups in total. The second kappa shape index (κ2) is 4.84. The second-order valence-corrected chi connectivity index (χ2v) is 5.52. The lowest BCUT2D eigenvalue weighted by molar-refractivity contribution is 0.0434. The average Bonchev–Trinajstić information content (AvgIpc) is 2.84. The van der Waals surface area contributed by atoms with E-state index in [1.54, 1.807) is 0 Å². The van der Waals surface area contributed by atoms with Gasteiger partial charge in [0.1, 0.15) is 0 Å². The zero-order valence-electron chi connectivity index (χ0n) is 9.97. The van der Waals surface area contributed by atoms with E-state index in [9.17, 15) is 5.11 Å². The van der Waals surface area contributed by atoms with Gasteiger partial charge < -0.3 is 10.4 Å². The molecule has 0 radical (unpaired) electrons. The molecule has 0 spiro atoms. The molecule has 2 atom stereocenters. The predicted molar refractivity (Wildman–Crippen MR) is 62.8 cm³/mol. The van der Waals surface area contributed by atoms with Gasteiger partial charge in [0.15, 0.2) is 0 Å². The molecule has 2 rings (SSSR count). The molecule has 0 aromatic rings. The van der Waals surface area contributed by atoms with Crippen LogP contribution in [0.1, 0.15) is 58.3 Å². The topological polar surface area (TPSA) is 32.3 Å². The van der Waals surface area contributed by atoms with Crippen LogP contribution in [-0.2, 0) is 0 Å². The van der Waals surface area contributed by atoms with Crippen molar-refractivity contribution in [2.24, 2.45) is 5.92 Å². The van der Waals surface area contributed by atoms with Crippen molar-refractivity contribution < 1.29 is 5.11 Å². The fourth-order valence-electron chi connectivity index (χ4n) is 3.33. The summed E-state index contributed by atoms with van der Waals surface area (Å²) in [5.41, 5.74) is -0.374. The lowest BCUT2D eigenvalue weighted by Gasteiger charge is -2.27. The van der Waals surface area contributed by atoms with Crippen LogP contribution < -0.4 is 5.32 Å². The summed E-state index contributed by atoms with van der Waals surface area (Å²) < 4.78 is 0. The van der Waals surface area contributed by atoms with Crippen molar-refractivity contribution in [3.63, 3.8) is 0 Å². The van der Waals surface area contributed by atoms with Crippen LogP contribution in [0.25, 0.3) is 0 Å². The molecular formula is C13H25NO. The molecule has 2 aliphatic rings. The molecule has 0 bridgehead atoms. The summed E-state index contributed by atoms with van der Waals surface area (Å²) in [4.78, 5) is 0. The van der Waals surface area contributed by atoms with Crippen LogP contribution >= 0.6 is 0 Å². The number of hydrogen-bond acceptors (Lipinski definition) is 2. The Morgan fingerprint density at radius 1 is 1.20 bits per heavy atom. The Labute approximate surface area is 93.5 Å². The highest BCUT2D eigenvalue weighted by molar-refractivity contribution is 4.90. The average molecular weight is 211 g/mol. The molecule has 2 unspecified atom stereocenters. The van der Waals surface area contributed by atoms with Crippen LogP contribution in [0.4, 0.5) is 0 Å². The van der Waals surface area contributed by atoms with E-state index in [0.29, 0.717) is 6.04 Å². The van der Waals surface area contributed by atoms with E-state index in [2.05, 4.69) is 12.2 Å². The lowest BCUT2D eigenvalue weighted by Crippen LogP contribution is -2.43. The Morgan fingerprint density at radius 2 is 1.93 bits per heavy atom. The number of nitrogens with one attached hydrogen (secondary N) is 1. The molecule has 0 aliphatic heterocycles. The summed E-state index contributed by atoms with van der Waals surface area (Å²) in [6.07, 6.45) is 9.78. The SMILES string of the molecule is CCC1CCCC1NCC1(O)CCCC1. The van der Waals surface area contributed by atoms with Gasteiger partial charge in [-0.2, -0.15) is 0 Å². The highest BCUT2D eigenvalue weighted by atomic mass is 16.3. The van der Waals surface area contributed by atoms with E-state index in [0.717, 1.165) is 25.3 Å². The van der Waals surface area contributed by atoms with Crippen LogP contribution in [0.3, 0.4) is 0 Å². The van der Waals surface area contributed by atoms with Crippen LogP contribution in [0, 0.1) is 5.92 Å². The van der Waals surface area contributed by atoms with Gasteiger partial charge in [-0.05, 0) is 31.6 Å². The number of aliphatic hydroxyl groups is 1. The molecule has 0 aromatic heterocycles. The molecule has 0 heterocycles. The zero-order chi connectivity index (χ0) is 10.7. The largest absolute Gasteiger partial charge is 0.389 e. The fraction of sp³-hybridized carbons (Fsp3) is 1.00. The van der Waals surface area contributed by atoms with Crippen molar-refractivity contribution in [3.05, 3.63) is 0 Å². The summed E-state index contributed by atoms with van der Waals surface area (Å²) in [5, 5.41) is 13.9. The standard InChI is InChI=1S/C13H25NO/c1-2-11-6-5-7-12(11)14-10-13(15)8-3-4-9-13/h11-12,14-15H,2-10H2,1H3. The van der Waals surface area contributed by atoms with E-state index in [1.165, 1.54) is 38.5 Å². The van der Waals surface area contributed by atoms with Gasteiger partial charge in [-0.25, -0.2) is 0 Å². The maximum Gasteiger partial charge on any atom is 0.0771 e. The molecule has 0 aromatic carbocycles. The van der Waals surface area contributed by atoms with Crippen LogP contribution in [0.5, 0.6) is 0 Å². The smallest absolute Gasteiger partial charge is 0.0771 e. The summed E-state index contributed by atoms with van der Waals surface area (Å²) in [5.74, 6) is 0.856. The quantitative estimate of drug-likeness (QED) is 0.748. The van der Waals surface area contributed by atoms with E-state index in [4.69, 9.17) is 0 Å².